The summed E-state index contributed by atoms with van der Waals surface area (Å²) >= 11 is 0. The molecule has 4 rings (SSSR count). The first-order valence-corrected chi connectivity index (χ1v) is 8.33. The van der Waals surface area contributed by atoms with Gasteiger partial charge in [-0.2, -0.15) is 5.10 Å². The Labute approximate surface area is 155 Å². The first kappa shape index (κ1) is 16.7. The van der Waals surface area contributed by atoms with Crippen LogP contribution < -0.4 is 5.32 Å². The SMILES string of the molecule is O=C(Nc1cccc(F)c1)c1cn(-c2ccccc2)nc1-c1cccnc1. The van der Waals surface area contributed by atoms with E-state index < -0.39 is 5.82 Å². The van der Waals surface area contributed by atoms with Gasteiger partial charge >= 0.3 is 0 Å². The van der Waals surface area contributed by atoms with Crippen molar-refractivity contribution < 1.29 is 9.18 Å². The number of amides is 1. The van der Waals surface area contributed by atoms with Gasteiger partial charge in [0.1, 0.15) is 11.5 Å². The van der Waals surface area contributed by atoms with E-state index in [0.29, 0.717) is 16.9 Å². The minimum Gasteiger partial charge on any atom is -0.322 e. The summed E-state index contributed by atoms with van der Waals surface area (Å²) in [6.07, 6.45) is 4.97. The average Bonchev–Trinajstić information content (AvgIpc) is 3.15. The van der Waals surface area contributed by atoms with E-state index in [-0.39, 0.29) is 5.91 Å². The van der Waals surface area contributed by atoms with Crippen molar-refractivity contribution >= 4 is 11.6 Å². The molecule has 1 amide bonds. The molecule has 0 radical (unpaired) electrons. The van der Waals surface area contributed by atoms with E-state index in [1.54, 1.807) is 41.5 Å². The number of carbonyl (C=O) groups is 1. The molecule has 0 aliphatic rings. The lowest BCUT2D eigenvalue weighted by Crippen LogP contribution is -2.12. The van der Waals surface area contributed by atoms with Crippen LogP contribution in [0.1, 0.15) is 10.4 Å². The third-order valence-electron chi connectivity index (χ3n) is 4.00. The molecule has 6 heteroatoms. The zero-order chi connectivity index (χ0) is 18.6. The monoisotopic (exact) mass is 358 g/mol. The lowest BCUT2D eigenvalue weighted by atomic mass is 10.1. The third-order valence-corrected chi connectivity index (χ3v) is 4.00. The number of anilines is 1. The molecule has 0 spiro atoms. The summed E-state index contributed by atoms with van der Waals surface area (Å²) in [5.74, 6) is -0.790. The number of benzene rings is 2. The maximum Gasteiger partial charge on any atom is 0.259 e. The smallest absolute Gasteiger partial charge is 0.259 e. The quantitative estimate of drug-likeness (QED) is 0.591. The Balaban J connectivity index is 1.76. The van der Waals surface area contributed by atoms with Crippen molar-refractivity contribution in [3.63, 3.8) is 0 Å². The normalized spacial score (nSPS) is 10.6. The number of nitrogens with one attached hydrogen (secondary N) is 1. The highest BCUT2D eigenvalue weighted by molar-refractivity contribution is 6.08. The third kappa shape index (κ3) is 3.59. The van der Waals surface area contributed by atoms with Crippen LogP contribution in [0.15, 0.2) is 85.3 Å². The fraction of sp³-hybridized carbons (Fsp3) is 0. The van der Waals surface area contributed by atoms with E-state index in [9.17, 15) is 9.18 Å². The molecule has 27 heavy (non-hydrogen) atoms. The summed E-state index contributed by atoms with van der Waals surface area (Å²) in [4.78, 5) is 17.0. The number of aromatic nitrogens is 3. The fourth-order valence-corrected chi connectivity index (χ4v) is 2.73. The van der Waals surface area contributed by atoms with Crippen molar-refractivity contribution in [2.24, 2.45) is 0 Å². The van der Waals surface area contributed by atoms with Crippen molar-refractivity contribution in [3.8, 4) is 16.9 Å². The van der Waals surface area contributed by atoms with Gasteiger partial charge in [0.15, 0.2) is 0 Å². The molecule has 0 aliphatic carbocycles. The second-order valence-electron chi connectivity index (χ2n) is 5.88. The van der Waals surface area contributed by atoms with Crippen molar-refractivity contribution in [3.05, 3.63) is 96.7 Å². The van der Waals surface area contributed by atoms with Crippen molar-refractivity contribution in [1.82, 2.24) is 14.8 Å². The minimum atomic E-state index is -0.416. The van der Waals surface area contributed by atoms with E-state index in [0.717, 1.165) is 11.3 Å². The van der Waals surface area contributed by atoms with Crippen LogP contribution in [-0.2, 0) is 0 Å². The topological polar surface area (TPSA) is 59.8 Å². The van der Waals surface area contributed by atoms with Crippen LogP contribution in [0.25, 0.3) is 16.9 Å². The maximum atomic E-state index is 13.4. The van der Waals surface area contributed by atoms with Crippen molar-refractivity contribution in [2.75, 3.05) is 5.32 Å². The van der Waals surface area contributed by atoms with Gasteiger partial charge in [-0.1, -0.05) is 24.3 Å². The zero-order valence-corrected chi connectivity index (χ0v) is 14.2. The molecular formula is C21H15FN4O. The van der Waals surface area contributed by atoms with Crippen LogP contribution in [0, 0.1) is 5.82 Å². The first-order valence-electron chi connectivity index (χ1n) is 8.33. The Morgan fingerprint density at radius 1 is 1.00 bits per heavy atom. The highest BCUT2D eigenvalue weighted by Gasteiger charge is 2.19. The van der Waals surface area contributed by atoms with E-state index >= 15 is 0 Å². The van der Waals surface area contributed by atoms with Crippen LogP contribution in [0.4, 0.5) is 10.1 Å². The molecule has 0 unspecified atom stereocenters. The van der Waals surface area contributed by atoms with Crippen LogP contribution in [0.5, 0.6) is 0 Å². The summed E-state index contributed by atoms with van der Waals surface area (Å²) in [5.41, 5.74) is 2.80. The van der Waals surface area contributed by atoms with E-state index in [1.807, 2.05) is 36.4 Å². The Kier molecular flexibility index (Phi) is 4.45. The Bertz CT molecular complexity index is 1080. The molecule has 0 saturated heterocycles. The molecule has 0 aliphatic heterocycles. The molecule has 0 fully saturated rings. The van der Waals surface area contributed by atoms with Gasteiger partial charge in [0.05, 0.1) is 11.3 Å². The minimum absolute atomic E-state index is 0.371. The standard InChI is InChI=1S/C21H15FN4O/c22-16-7-4-8-17(12-16)24-21(27)19-14-26(18-9-2-1-3-10-18)25-20(19)15-6-5-11-23-13-15/h1-14H,(H,24,27). The summed E-state index contributed by atoms with van der Waals surface area (Å²) < 4.78 is 15.1. The number of carbonyl (C=O) groups excluding carboxylic acids is 1. The molecule has 2 aromatic heterocycles. The molecule has 4 aromatic rings. The van der Waals surface area contributed by atoms with Crippen LogP contribution >= 0.6 is 0 Å². The van der Waals surface area contributed by atoms with Gasteiger partial charge in [0.2, 0.25) is 0 Å². The summed E-state index contributed by atoms with van der Waals surface area (Å²) in [6.45, 7) is 0. The Morgan fingerprint density at radius 3 is 2.59 bits per heavy atom. The number of hydrogen-bond donors (Lipinski definition) is 1. The molecule has 2 heterocycles. The van der Waals surface area contributed by atoms with Gasteiger partial charge in [0.25, 0.3) is 5.91 Å². The second-order valence-corrected chi connectivity index (χ2v) is 5.88. The first-order chi connectivity index (χ1) is 13.2. The van der Waals surface area contributed by atoms with Gasteiger partial charge in [-0.05, 0) is 42.5 Å². The maximum absolute atomic E-state index is 13.4. The highest BCUT2D eigenvalue weighted by Crippen LogP contribution is 2.24. The van der Waals surface area contributed by atoms with E-state index in [4.69, 9.17) is 0 Å². The lowest BCUT2D eigenvalue weighted by molar-refractivity contribution is 0.102. The fourth-order valence-electron chi connectivity index (χ4n) is 2.73. The Hall–Kier alpha value is -3.80. The second kappa shape index (κ2) is 7.21. The van der Waals surface area contributed by atoms with Crippen LogP contribution in [0.2, 0.25) is 0 Å². The molecule has 132 valence electrons. The van der Waals surface area contributed by atoms with E-state index in [2.05, 4.69) is 15.4 Å². The van der Waals surface area contributed by atoms with Gasteiger partial charge in [-0.15, -0.1) is 0 Å². The van der Waals surface area contributed by atoms with Crippen molar-refractivity contribution in [2.45, 2.75) is 0 Å². The number of hydrogen-bond acceptors (Lipinski definition) is 3. The molecule has 0 bridgehead atoms. The highest BCUT2D eigenvalue weighted by atomic mass is 19.1. The Morgan fingerprint density at radius 2 is 1.85 bits per heavy atom. The molecule has 0 saturated carbocycles. The summed E-state index contributed by atoms with van der Waals surface area (Å²) in [6, 6.07) is 18.9. The molecule has 0 atom stereocenters. The van der Waals surface area contributed by atoms with Gasteiger partial charge < -0.3 is 5.32 Å². The average molecular weight is 358 g/mol. The molecular weight excluding hydrogens is 343 g/mol. The number of pyridine rings is 1. The van der Waals surface area contributed by atoms with Crippen LogP contribution in [0.3, 0.4) is 0 Å². The number of halogens is 1. The molecule has 1 N–H and O–H groups in total. The van der Waals surface area contributed by atoms with E-state index in [1.165, 1.54) is 12.1 Å². The van der Waals surface area contributed by atoms with Gasteiger partial charge in [0, 0.05) is 29.8 Å². The largest absolute Gasteiger partial charge is 0.322 e. The van der Waals surface area contributed by atoms with Crippen molar-refractivity contribution in [1.29, 1.82) is 0 Å². The summed E-state index contributed by atoms with van der Waals surface area (Å²) in [5, 5.41) is 7.29. The molecule has 2 aromatic carbocycles. The summed E-state index contributed by atoms with van der Waals surface area (Å²) in [7, 11) is 0. The number of rotatable bonds is 4. The molecule has 5 nitrogen and oxygen atoms in total. The van der Waals surface area contributed by atoms with Crippen LogP contribution in [-0.4, -0.2) is 20.7 Å². The predicted molar refractivity (Wildman–Crippen MR) is 101 cm³/mol. The predicted octanol–water partition coefficient (Wildman–Crippen LogP) is 4.33. The number of nitrogens with zero attached hydrogens (tertiary/aromatic N) is 3. The zero-order valence-electron chi connectivity index (χ0n) is 14.2. The van der Waals surface area contributed by atoms with Gasteiger partial charge in [-0.3, -0.25) is 9.78 Å². The lowest BCUT2D eigenvalue weighted by Gasteiger charge is -2.05. The number of para-hydroxylation sites is 1. The van der Waals surface area contributed by atoms with Gasteiger partial charge in [-0.25, -0.2) is 9.07 Å².